The molecule has 0 spiro atoms. The number of aromatic amines is 1. The molecule has 1 N–H and O–H groups in total. The van der Waals surface area contributed by atoms with Crippen LogP contribution in [0.3, 0.4) is 0 Å². The van der Waals surface area contributed by atoms with Gasteiger partial charge >= 0.3 is 5.69 Å². The van der Waals surface area contributed by atoms with E-state index in [1.54, 1.807) is 18.2 Å². The molecule has 0 aliphatic heterocycles. The van der Waals surface area contributed by atoms with E-state index in [1.165, 1.54) is 6.20 Å². The molecule has 2 aromatic rings. The number of hydrogen-bond donors (Lipinski definition) is 1. The van der Waals surface area contributed by atoms with E-state index >= 15 is 0 Å². The molecule has 1 aromatic heterocycles. The number of H-pyrrole nitrogens is 1. The van der Waals surface area contributed by atoms with Crippen LogP contribution in [0, 0.1) is 11.3 Å². The van der Waals surface area contributed by atoms with E-state index in [1.807, 2.05) is 6.07 Å². The molecule has 0 fully saturated rings. The van der Waals surface area contributed by atoms with Crippen molar-refractivity contribution in [3.8, 4) is 6.07 Å². The van der Waals surface area contributed by atoms with E-state index in [4.69, 9.17) is 5.26 Å². The van der Waals surface area contributed by atoms with Crippen molar-refractivity contribution in [2.75, 3.05) is 0 Å². The summed E-state index contributed by atoms with van der Waals surface area (Å²) in [6, 6.07) is 7.05. The molecule has 0 aliphatic carbocycles. The molecule has 0 aliphatic rings. The second kappa shape index (κ2) is 2.72. The lowest BCUT2D eigenvalue weighted by atomic mass is 10.2. The molecule has 0 saturated carbocycles. The van der Waals surface area contributed by atoms with Crippen LogP contribution in [0.5, 0.6) is 0 Å². The van der Waals surface area contributed by atoms with Crippen LogP contribution >= 0.6 is 0 Å². The molecule has 4 heteroatoms. The largest absolute Gasteiger partial charge is 0.345 e. The van der Waals surface area contributed by atoms with Crippen LogP contribution in [-0.2, 0) is 0 Å². The second-order valence-electron chi connectivity index (χ2n) is 2.60. The first-order valence-corrected chi connectivity index (χ1v) is 3.69. The zero-order chi connectivity index (χ0) is 9.26. The molecular weight excluding hydrogens is 166 g/mol. The Hall–Kier alpha value is -2.15. The molecule has 4 nitrogen and oxygen atoms in total. The number of aromatic nitrogens is 2. The van der Waals surface area contributed by atoms with Gasteiger partial charge in [0.25, 0.3) is 0 Å². The molecule has 62 valence electrons. The Labute approximate surface area is 73.5 Å². The monoisotopic (exact) mass is 171 g/mol. The summed E-state index contributed by atoms with van der Waals surface area (Å²) in [5.41, 5.74) is 0.760. The second-order valence-corrected chi connectivity index (χ2v) is 2.60. The van der Waals surface area contributed by atoms with Gasteiger partial charge in [-0.25, -0.2) is 9.78 Å². The summed E-state index contributed by atoms with van der Waals surface area (Å²) >= 11 is 0. The zero-order valence-electron chi connectivity index (χ0n) is 6.61. The molecule has 1 aromatic carbocycles. The molecule has 0 bridgehead atoms. The lowest BCUT2D eigenvalue weighted by Gasteiger charge is -1.95. The summed E-state index contributed by atoms with van der Waals surface area (Å²) < 4.78 is 0. The number of nitriles is 1. The minimum Gasteiger partial charge on any atom is -0.305 e. The highest BCUT2D eigenvalue weighted by atomic mass is 16.1. The fraction of sp³-hybridized carbons (Fsp3) is 0. The predicted octanol–water partition coefficient (Wildman–Crippen LogP) is 0.795. The Morgan fingerprint density at radius 1 is 1.46 bits per heavy atom. The minimum absolute atomic E-state index is 0.400. The Balaban J connectivity index is 2.84. The maximum absolute atomic E-state index is 10.8. The molecule has 0 radical (unpaired) electrons. The van der Waals surface area contributed by atoms with Crippen molar-refractivity contribution in [1.29, 1.82) is 5.26 Å². The molecule has 0 amide bonds. The van der Waals surface area contributed by atoms with Crippen LogP contribution < -0.4 is 5.69 Å². The van der Waals surface area contributed by atoms with Gasteiger partial charge in [0.1, 0.15) is 0 Å². The van der Waals surface area contributed by atoms with Crippen molar-refractivity contribution in [3.63, 3.8) is 0 Å². The van der Waals surface area contributed by atoms with Crippen molar-refractivity contribution in [1.82, 2.24) is 9.97 Å². The Morgan fingerprint density at radius 2 is 2.31 bits per heavy atom. The first kappa shape index (κ1) is 7.50. The molecule has 0 atom stereocenters. The van der Waals surface area contributed by atoms with E-state index in [2.05, 4.69) is 9.97 Å². The van der Waals surface area contributed by atoms with Crippen molar-refractivity contribution in [3.05, 3.63) is 40.4 Å². The minimum atomic E-state index is -0.400. The number of nitrogens with one attached hydrogen (secondary N) is 1. The normalized spacial score (nSPS) is 9.77. The van der Waals surface area contributed by atoms with Gasteiger partial charge in [-0.05, 0) is 12.1 Å². The number of rotatable bonds is 0. The van der Waals surface area contributed by atoms with Crippen LogP contribution in [0.1, 0.15) is 5.56 Å². The highest BCUT2D eigenvalue weighted by Crippen LogP contribution is 2.09. The van der Waals surface area contributed by atoms with Crippen LogP contribution in [0.25, 0.3) is 10.9 Å². The first-order valence-electron chi connectivity index (χ1n) is 3.69. The number of benzene rings is 1. The maximum Gasteiger partial charge on any atom is 0.345 e. The quantitative estimate of drug-likeness (QED) is 0.637. The van der Waals surface area contributed by atoms with Crippen molar-refractivity contribution < 1.29 is 0 Å². The SMILES string of the molecule is N#Cc1ccc2cnc(=O)[nH]c2c1. The van der Waals surface area contributed by atoms with Crippen molar-refractivity contribution in [2.24, 2.45) is 0 Å². The van der Waals surface area contributed by atoms with Gasteiger partial charge in [0.15, 0.2) is 0 Å². The van der Waals surface area contributed by atoms with Gasteiger partial charge in [0.05, 0.1) is 17.1 Å². The average Bonchev–Trinajstić information content (AvgIpc) is 2.16. The van der Waals surface area contributed by atoms with Gasteiger partial charge in [-0.1, -0.05) is 6.07 Å². The van der Waals surface area contributed by atoms with Crippen LogP contribution in [0.2, 0.25) is 0 Å². The summed E-state index contributed by atoms with van der Waals surface area (Å²) in [6.45, 7) is 0. The highest BCUT2D eigenvalue weighted by molar-refractivity contribution is 5.78. The number of nitrogens with zero attached hydrogens (tertiary/aromatic N) is 2. The molecule has 0 saturated heterocycles. The fourth-order valence-electron chi connectivity index (χ4n) is 1.12. The van der Waals surface area contributed by atoms with Crippen molar-refractivity contribution >= 4 is 10.9 Å². The molecule has 2 rings (SSSR count). The van der Waals surface area contributed by atoms with Crippen molar-refractivity contribution in [2.45, 2.75) is 0 Å². The Morgan fingerprint density at radius 3 is 3.08 bits per heavy atom. The Kier molecular flexibility index (Phi) is 1.57. The summed E-state index contributed by atoms with van der Waals surface area (Å²) in [5.74, 6) is 0. The third-order valence-electron chi connectivity index (χ3n) is 1.74. The predicted molar refractivity (Wildman–Crippen MR) is 47.1 cm³/mol. The first-order chi connectivity index (χ1) is 6.29. The molecule has 13 heavy (non-hydrogen) atoms. The van der Waals surface area contributed by atoms with E-state index in [9.17, 15) is 4.79 Å². The van der Waals surface area contributed by atoms with Crippen LogP contribution in [0.15, 0.2) is 29.2 Å². The van der Waals surface area contributed by atoms with Crippen LogP contribution in [-0.4, -0.2) is 9.97 Å². The third-order valence-corrected chi connectivity index (χ3v) is 1.74. The zero-order valence-corrected chi connectivity index (χ0v) is 6.61. The molecule has 0 unspecified atom stereocenters. The fourth-order valence-corrected chi connectivity index (χ4v) is 1.12. The topological polar surface area (TPSA) is 69.5 Å². The van der Waals surface area contributed by atoms with Gasteiger partial charge in [-0.2, -0.15) is 5.26 Å². The smallest absolute Gasteiger partial charge is 0.305 e. The third kappa shape index (κ3) is 1.27. The van der Waals surface area contributed by atoms with E-state index in [-0.39, 0.29) is 0 Å². The number of fused-ring (bicyclic) bond motifs is 1. The lowest BCUT2D eigenvalue weighted by Crippen LogP contribution is -2.08. The summed E-state index contributed by atoms with van der Waals surface area (Å²) in [4.78, 5) is 16.9. The van der Waals surface area contributed by atoms with Gasteiger partial charge < -0.3 is 4.98 Å². The van der Waals surface area contributed by atoms with Gasteiger partial charge in [0, 0.05) is 11.6 Å². The van der Waals surface area contributed by atoms with E-state index < -0.39 is 5.69 Å². The highest BCUT2D eigenvalue weighted by Gasteiger charge is 1.96. The van der Waals surface area contributed by atoms with E-state index in [0.717, 1.165) is 5.39 Å². The Bertz CT molecular complexity index is 551. The summed E-state index contributed by atoms with van der Waals surface area (Å²) in [7, 11) is 0. The number of hydrogen-bond acceptors (Lipinski definition) is 3. The summed E-state index contributed by atoms with van der Waals surface area (Å²) in [5, 5.41) is 9.43. The lowest BCUT2D eigenvalue weighted by molar-refractivity contribution is 1.12. The molecule has 1 heterocycles. The van der Waals surface area contributed by atoms with Gasteiger partial charge in [-0.15, -0.1) is 0 Å². The molecular formula is C9H5N3O. The maximum atomic E-state index is 10.8. The van der Waals surface area contributed by atoms with Gasteiger partial charge in [0.2, 0.25) is 0 Å². The average molecular weight is 171 g/mol. The van der Waals surface area contributed by atoms with E-state index in [0.29, 0.717) is 11.1 Å². The summed E-state index contributed by atoms with van der Waals surface area (Å²) in [6.07, 6.45) is 1.48. The van der Waals surface area contributed by atoms with Gasteiger partial charge in [-0.3, -0.25) is 0 Å². The standard InChI is InChI=1S/C9H5N3O/c10-4-6-1-2-7-5-11-9(13)12-8(7)3-6/h1-3,5H,(H,11,12,13). The van der Waals surface area contributed by atoms with Crippen LogP contribution in [0.4, 0.5) is 0 Å².